The van der Waals surface area contributed by atoms with Gasteiger partial charge in [-0.15, -0.1) is 0 Å². The summed E-state index contributed by atoms with van der Waals surface area (Å²) in [5, 5.41) is 3.06. The van der Waals surface area contributed by atoms with Crippen LogP contribution >= 0.6 is 0 Å². The SMILES string of the molecule is NCCNc1nccc(-c2ccc3c(c2)OCCO3)n1. The summed E-state index contributed by atoms with van der Waals surface area (Å²) in [6.45, 7) is 2.35. The summed E-state index contributed by atoms with van der Waals surface area (Å²) >= 11 is 0. The van der Waals surface area contributed by atoms with E-state index in [4.69, 9.17) is 15.2 Å². The normalized spacial score (nSPS) is 13.1. The first-order chi connectivity index (χ1) is 9.86. The monoisotopic (exact) mass is 272 g/mol. The van der Waals surface area contributed by atoms with Gasteiger partial charge in [0.05, 0.1) is 5.69 Å². The van der Waals surface area contributed by atoms with Crippen LogP contribution in [0.2, 0.25) is 0 Å². The molecular weight excluding hydrogens is 256 g/mol. The molecule has 20 heavy (non-hydrogen) atoms. The Hall–Kier alpha value is -2.34. The molecule has 1 aliphatic heterocycles. The van der Waals surface area contributed by atoms with Gasteiger partial charge in [0, 0.05) is 24.8 Å². The molecule has 6 heteroatoms. The van der Waals surface area contributed by atoms with Gasteiger partial charge in [0.2, 0.25) is 5.95 Å². The van der Waals surface area contributed by atoms with E-state index < -0.39 is 0 Å². The molecule has 0 amide bonds. The fourth-order valence-corrected chi connectivity index (χ4v) is 1.99. The Kier molecular flexibility index (Phi) is 3.64. The lowest BCUT2D eigenvalue weighted by Crippen LogP contribution is -2.15. The summed E-state index contributed by atoms with van der Waals surface area (Å²) in [6.07, 6.45) is 1.72. The highest BCUT2D eigenvalue weighted by molar-refractivity contribution is 5.64. The number of nitrogens with one attached hydrogen (secondary N) is 1. The summed E-state index contributed by atoms with van der Waals surface area (Å²) in [5.74, 6) is 2.10. The van der Waals surface area contributed by atoms with Crippen molar-refractivity contribution in [1.29, 1.82) is 0 Å². The number of hydrogen-bond acceptors (Lipinski definition) is 6. The Morgan fingerprint density at radius 1 is 1.15 bits per heavy atom. The second kappa shape index (κ2) is 5.75. The molecule has 0 fully saturated rings. The second-order valence-electron chi connectivity index (χ2n) is 4.34. The number of rotatable bonds is 4. The average Bonchev–Trinajstić information content (AvgIpc) is 2.53. The fraction of sp³-hybridized carbons (Fsp3) is 0.286. The zero-order chi connectivity index (χ0) is 13.8. The Balaban J connectivity index is 1.88. The van der Waals surface area contributed by atoms with E-state index >= 15 is 0 Å². The molecule has 0 saturated heterocycles. The van der Waals surface area contributed by atoms with E-state index in [1.165, 1.54) is 0 Å². The minimum atomic E-state index is 0.539. The predicted octanol–water partition coefficient (Wildman–Crippen LogP) is 1.29. The van der Waals surface area contributed by atoms with E-state index in [0.717, 1.165) is 22.8 Å². The highest BCUT2D eigenvalue weighted by Crippen LogP contribution is 2.33. The number of nitrogens with two attached hydrogens (primary N) is 1. The van der Waals surface area contributed by atoms with E-state index in [0.29, 0.717) is 32.3 Å². The molecule has 1 aromatic heterocycles. The highest BCUT2D eigenvalue weighted by atomic mass is 16.6. The molecule has 3 rings (SSSR count). The standard InChI is InChI=1S/C14H16N4O2/c15-4-6-17-14-16-5-3-11(18-14)10-1-2-12-13(9-10)20-8-7-19-12/h1-3,5,9H,4,6-8,15H2,(H,16,17,18). The highest BCUT2D eigenvalue weighted by Gasteiger charge is 2.13. The third kappa shape index (κ3) is 2.65. The molecule has 6 nitrogen and oxygen atoms in total. The Morgan fingerprint density at radius 2 is 2.00 bits per heavy atom. The molecule has 0 spiro atoms. The van der Waals surface area contributed by atoms with Crippen molar-refractivity contribution in [2.45, 2.75) is 0 Å². The van der Waals surface area contributed by atoms with Gasteiger partial charge in [0.15, 0.2) is 11.5 Å². The number of nitrogens with zero attached hydrogens (tertiary/aromatic N) is 2. The Labute approximate surface area is 116 Å². The molecule has 0 unspecified atom stereocenters. The lowest BCUT2D eigenvalue weighted by molar-refractivity contribution is 0.171. The van der Waals surface area contributed by atoms with Crippen LogP contribution in [-0.2, 0) is 0 Å². The van der Waals surface area contributed by atoms with Crippen molar-refractivity contribution in [2.75, 3.05) is 31.6 Å². The first-order valence-electron chi connectivity index (χ1n) is 6.54. The van der Waals surface area contributed by atoms with Gasteiger partial charge in [-0.2, -0.15) is 0 Å². The van der Waals surface area contributed by atoms with Crippen molar-refractivity contribution in [3.8, 4) is 22.8 Å². The van der Waals surface area contributed by atoms with Crippen LogP contribution in [0.3, 0.4) is 0 Å². The second-order valence-corrected chi connectivity index (χ2v) is 4.34. The third-order valence-corrected chi connectivity index (χ3v) is 2.92. The van der Waals surface area contributed by atoms with Gasteiger partial charge in [0.1, 0.15) is 13.2 Å². The van der Waals surface area contributed by atoms with Gasteiger partial charge < -0.3 is 20.5 Å². The Bertz CT molecular complexity index is 603. The molecule has 2 aromatic rings. The number of anilines is 1. The lowest BCUT2D eigenvalue weighted by atomic mass is 10.1. The first kappa shape index (κ1) is 12.7. The van der Waals surface area contributed by atoms with E-state index in [1.54, 1.807) is 6.20 Å². The zero-order valence-electron chi connectivity index (χ0n) is 11.0. The molecule has 0 aliphatic carbocycles. The molecule has 1 aliphatic rings. The van der Waals surface area contributed by atoms with E-state index in [-0.39, 0.29) is 0 Å². The third-order valence-electron chi connectivity index (χ3n) is 2.92. The van der Waals surface area contributed by atoms with E-state index in [2.05, 4.69) is 15.3 Å². The van der Waals surface area contributed by atoms with Gasteiger partial charge in [-0.25, -0.2) is 9.97 Å². The molecule has 104 valence electrons. The number of hydrogen-bond donors (Lipinski definition) is 2. The van der Waals surface area contributed by atoms with Crippen LogP contribution in [0, 0.1) is 0 Å². The van der Waals surface area contributed by atoms with Crippen LogP contribution in [0.15, 0.2) is 30.5 Å². The zero-order valence-corrected chi connectivity index (χ0v) is 11.0. The summed E-state index contributed by atoms with van der Waals surface area (Å²) in [7, 11) is 0. The van der Waals surface area contributed by atoms with Gasteiger partial charge in [0.25, 0.3) is 0 Å². The van der Waals surface area contributed by atoms with Crippen LogP contribution in [-0.4, -0.2) is 36.3 Å². The van der Waals surface area contributed by atoms with Crippen LogP contribution in [0.1, 0.15) is 0 Å². The van der Waals surface area contributed by atoms with Crippen LogP contribution in [0.25, 0.3) is 11.3 Å². The maximum absolute atomic E-state index is 5.58. The minimum absolute atomic E-state index is 0.539. The van der Waals surface area contributed by atoms with Crippen molar-refractivity contribution in [3.05, 3.63) is 30.5 Å². The predicted molar refractivity (Wildman–Crippen MR) is 76.0 cm³/mol. The minimum Gasteiger partial charge on any atom is -0.486 e. The van der Waals surface area contributed by atoms with Gasteiger partial charge in [-0.3, -0.25) is 0 Å². The summed E-state index contributed by atoms with van der Waals surface area (Å²) in [6, 6.07) is 7.66. The van der Waals surface area contributed by atoms with Crippen LogP contribution in [0.4, 0.5) is 5.95 Å². The van der Waals surface area contributed by atoms with Crippen molar-refractivity contribution >= 4 is 5.95 Å². The van der Waals surface area contributed by atoms with E-state index in [1.807, 2.05) is 24.3 Å². The number of benzene rings is 1. The average molecular weight is 272 g/mol. The van der Waals surface area contributed by atoms with E-state index in [9.17, 15) is 0 Å². The molecule has 0 saturated carbocycles. The smallest absolute Gasteiger partial charge is 0.223 e. The largest absolute Gasteiger partial charge is 0.486 e. The summed E-state index contributed by atoms with van der Waals surface area (Å²) in [4.78, 5) is 8.61. The molecular formula is C14H16N4O2. The van der Waals surface area contributed by atoms with Gasteiger partial charge in [-0.05, 0) is 24.3 Å². The molecule has 0 bridgehead atoms. The molecule has 2 heterocycles. The van der Waals surface area contributed by atoms with Crippen molar-refractivity contribution in [3.63, 3.8) is 0 Å². The molecule has 1 aromatic carbocycles. The van der Waals surface area contributed by atoms with Crippen molar-refractivity contribution < 1.29 is 9.47 Å². The maximum Gasteiger partial charge on any atom is 0.223 e. The Morgan fingerprint density at radius 3 is 2.85 bits per heavy atom. The number of ether oxygens (including phenoxy) is 2. The fourth-order valence-electron chi connectivity index (χ4n) is 1.99. The van der Waals surface area contributed by atoms with Crippen LogP contribution in [0.5, 0.6) is 11.5 Å². The quantitative estimate of drug-likeness (QED) is 0.872. The molecule has 0 atom stereocenters. The topological polar surface area (TPSA) is 82.3 Å². The lowest BCUT2D eigenvalue weighted by Gasteiger charge is -2.18. The van der Waals surface area contributed by atoms with Crippen LogP contribution < -0.4 is 20.5 Å². The van der Waals surface area contributed by atoms with Gasteiger partial charge >= 0.3 is 0 Å². The van der Waals surface area contributed by atoms with Crippen molar-refractivity contribution in [1.82, 2.24) is 9.97 Å². The summed E-state index contributed by atoms with van der Waals surface area (Å²) < 4.78 is 11.1. The number of aromatic nitrogens is 2. The molecule has 3 N–H and O–H groups in total. The maximum atomic E-state index is 5.58. The molecule has 0 radical (unpaired) electrons. The first-order valence-corrected chi connectivity index (χ1v) is 6.54. The van der Waals surface area contributed by atoms with Gasteiger partial charge in [-0.1, -0.05) is 0 Å². The number of fused-ring (bicyclic) bond motifs is 1. The summed E-state index contributed by atoms with van der Waals surface area (Å²) in [5.41, 5.74) is 7.25. The van der Waals surface area contributed by atoms with Crippen molar-refractivity contribution in [2.24, 2.45) is 5.73 Å².